The second-order valence-corrected chi connectivity index (χ2v) is 20.4. The molecule has 354 valence electrons. The smallest absolute Gasteiger partial charge is 0.254 e. The Kier molecular flexibility index (Phi) is 12.9. The standard InChI is InChI=1S/C50H62N10O6S/c1-29(2)46(50(64)60-27-38(61)21-42(60)49(63)53-30(3)33-9-11-34(12-10-33)47-31(4)52-28-67-47)44-23-45(56-66-44)65-18-17-58-35-13-14-36(58)20-32(19-35)25-57-15-16-59-37(26-57)24-51-48-41(59)22-40(54-55-48)39-7-5-6-8-43(39)62/h5-12,22-23,28-30,32,35-38,42,46,61-62H,13-21,24-27H2,1-4H3,(H,51,55)(H,53,63)/t30-,32?,35?,36?,37?,38+,42-,46+/m0/s1. The fourth-order valence-corrected chi connectivity index (χ4v) is 12.3. The summed E-state index contributed by atoms with van der Waals surface area (Å²) in [4.78, 5) is 42.8. The lowest BCUT2D eigenvalue weighted by Gasteiger charge is -2.47. The molecule has 16 nitrogen and oxygen atoms in total. The highest BCUT2D eigenvalue weighted by atomic mass is 32.1. The first-order valence-electron chi connectivity index (χ1n) is 24.0. The number of para-hydroxylation sites is 1. The Morgan fingerprint density at radius 3 is 2.52 bits per heavy atom. The lowest BCUT2D eigenvalue weighted by atomic mass is 9.89. The number of piperazine rings is 1. The number of phenolic OH excluding ortho intramolecular Hbond substituents is 1. The molecule has 10 rings (SSSR count). The van der Waals surface area contributed by atoms with E-state index in [9.17, 15) is 19.8 Å². The Labute approximate surface area is 395 Å². The lowest BCUT2D eigenvalue weighted by Crippen LogP contribution is -2.59. The molecule has 2 bridgehead atoms. The summed E-state index contributed by atoms with van der Waals surface area (Å²) in [7, 11) is 0. The quantitative estimate of drug-likeness (QED) is 0.100. The van der Waals surface area contributed by atoms with Crippen molar-refractivity contribution >= 4 is 34.7 Å². The maximum Gasteiger partial charge on any atom is 0.254 e. The lowest BCUT2D eigenvalue weighted by molar-refractivity contribution is -0.141. The summed E-state index contributed by atoms with van der Waals surface area (Å²) in [6, 6.07) is 19.4. The van der Waals surface area contributed by atoms with Crippen LogP contribution >= 0.6 is 11.3 Å². The molecule has 2 aromatic carbocycles. The van der Waals surface area contributed by atoms with Crippen molar-refractivity contribution in [2.45, 2.75) is 102 Å². The Morgan fingerprint density at radius 2 is 1.78 bits per heavy atom. The highest BCUT2D eigenvalue weighted by Crippen LogP contribution is 2.41. The molecular formula is C50H62N10O6S. The zero-order valence-electron chi connectivity index (χ0n) is 38.8. The van der Waals surface area contributed by atoms with Gasteiger partial charge < -0.3 is 39.9 Å². The number of rotatable bonds is 14. The van der Waals surface area contributed by atoms with Crippen LogP contribution in [0.3, 0.4) is 0 Å². The van der Waals surface area contributed by atoms with Crippen molar-refractivity contribution in [3.8, 4) is 33.3 Å². The van der Waals surface area contributed by atoms with Gasteiger partial charge >= 0.3 is 0 Å². The van der Waals surface area contributed by atoms with Gasteiger partial charge in [-0.05, 0) is 85.8 Å². The third-order valence-electron chi connectivity index (χ3n) is 14.8. The highest BCUT2D eigenvalue weighted by molar-refractivity contribution is 7.13. The van der Waals surface area contributed by atoms with E-state index in [4.69, 9.17) is 9.26 Å². The maximum atomic E-state index is 14.3. The second kappa shape index (κ2) is 19.2. The molecule has 2 amide bonds. The van der Waals surface area contributed by atoms with Crippen LogP contribution in [-0.2, 0) is 9.59 Å². The number of fused-ring (bicyclic) bond motifs is 5. The number of likely N-dealkylation sites (tertiary alicyclic amines) is 1. The minimum atomic E-state index is -0.816. The molecule has 5 aromatic rings. The number of β-amino-alcohol motifs (C(OH)–C–C–N with tert-alkyl or cyclic N) is 1. The van der Waals surface area contributed by atoms with Gasteiger partial charge in [-0.25, -0.2) is 4.98 Å². The molecule has 5 aliphatic heterocycles. The number of aliphatic hydroxyl groups excluding tert-OH is 1. The average molecular weight is 931 g/mol. The van der Waals surface area contributed by atoms with Gasteiger partial charge in [0.25, 0.3) is 5.88 Å². The summed E-state index contributed by atoms with van der Waals surface area (Å²) >= 11 is 1.60. The normalized spacial score (nSPS) is 24.8. The number of carbonyl (C=O) groups excluding carboxylic acids is 2. The minimum absolute atomic E-state index is 0.0667. The number of ether oxygens (including phenoxy) is 1. The number of amides is 2. The number of aromatic nitrogens is 4. The second-order valence-electron chi connectivity index (χ2n) is 19.6. The molecule has 4 fully saturated rings. The van der Waals surface area contributed by atoms with Crippen molar-refractivity contribution in [1.82, 2.24) is 40.4 Å². The first-order valence-corrected chi connectivity index (χ1v) is 24.9. The Hall–Kier alpha value is -5.62. The number of thiazole rings is 1. The van der Waals surface area contributed by atoms with E-state index in [-0.39, 0.29) is 42.5 Å². The third kappa shape index (κ3) is 9.35. The molecule has 0 saturated carbocycles. The number of hydrogen-bond donors (Lipinski definition) is 4. The molecule has 67 heavy (non-hydrogen) atoms. The molecule has 4 saturated heterocycles. The van der Waals surface area contributed by atoms with E-state index in [1.54, 1.807) is 23.5 Å². The van der Waals surface area contributed by atoms with E-state index in [0.29, 0.717) is 53.5 Å². The van der Waals surface area contributed by atoms with Crippen molar-refractivity contribution in [3.05, 3.63) is 83.2 Å². The van der Waals surface area contributed by atoms with E-state index in [1.165, 1.54) is 30.6 Å². The summed E-state index contributed by atoms with van der Waals surface area (Å²) in [5.41, 5.74) is 7.26. The summed E-state index contributed by atoms with van der Waals surface area (Å²) in [5, 5.41) is 40.9. The minimum Gasteiger partial charge on any atom is -0.507 e. The molecule has 7 atom stereocenters. The van der Waals surface area contributed by atoms with E-state index in [0.717, 1.165) is 72.5 Å². The van der Waals surface area contributed by atoms with Crippen LogP contribution in [0.15, 0.2) is 70.7 Å². The number of aryl methyl sites for hydroxylation is 1. The predicted octanol–water partition coefficient (Wildman–Crippen LogP) is 6.09. The molecule has 4 N–H and O–H groups in total. The van der Waals surface area contributed by atoms with Gasteiger partial charge in [0.2, 0.25) is 11.8 Å². The molecule has 8 heterocycles. The highest BCUT2D eigenvalue weighted by Gasteiger charge is 2.45. The molecule has 17 heteroatoms. The summed E-state index contributed by atoms with van der Waals surface area (Å²) in [5.74, 6) is 0.950. The van der Waals surface area contributed by atoms with Gasteiger partial charge in [0.05, 0.1) is 45.7 Å². The first-order chi connectivity index (χ1) is 32.5. The number of benzene rings is 2. The molecular weight excluding hydrogens is 869 g/mol. The maximum absolute atomic E-state index is 14.3. The topological polar surface area (TPSA) is 186 Å². The average Bonchev–Trinajstić information content (AvgIpc) is 4.12. The molecule has 5 aliphatic rings. The van der Waals surface area contributed by atoms with E-state index >= 15 is 0 Å². The van der Waals surface area contributed by atoms with Crippen LogP contribution in [0.2, 0.25) is 0 Å². The molecule has 0 aliphatic carbocycles. The van der Waals surface area contributed by atoms with Crippen molar-refractivity contribution in [1.29, 1.82) is 0 Å². The number of piperidine rings is 1. The Bertz CT molecular complexity index is 2540. The van der Waals surface area contributed by atoms with E-state index < -0.39 is 18.1 Å². The number of nitrogens with zero attached hydrogens (tertiary/aromatic N) is 8. The Morgan fingerprint density at radius 1 is 0.985 bits per heavy atom. The van der Waals surface area contributed by atoms with Crippen LogP contribution in [0.25, 0.3) is 21.7 Å². The van der Waals surface area contributed by atoms with Gasteiger partial charge in [-0.15, -0.1) is 21.5 Å². The Balaban J connectivity index is 0.701. The number of hydrogen-bond acceptors (Lipinski definition) is 15. The van der Waals surface area contributed by atoms with E-state index in [1.807, 2.05) is 75.7 Å². The first kappa shape index (κ1) is 45.2. The SMILES string of the molecule is Cc1ncsc1-c1ccc([C@H](C)NC(=O)[C@@H]2C[C@@H](O)CN2C(=O)[C@@H](c2cc(OCCN3C4CCC3CC(CN3CCN5c6cc(-c7ccccc7O)nnc6NCC5C3)C4)no2)C(C)C)cc1. The van der Waals surface area contributed by atoms with E-state index in [2.05, 4.69) is 51.7 Å². The zero-order valence-corrected chi connectivity index (χ0v) is 39.6. The molecule has 3 aromatic heterocycles. The molecule has 0 radical (unpaired) electrons. The molecule has 3 unspecified atom stereocenters. The summed E-state index contributed by atoms with van der Waals surface area (Å²) in [6.45, 7) is 14.0. The van der Waals surface area contributed by atoms with Crippen LogP contribution in [0.5, 0.6) is 11.6 Å². The van der Waals surface area contributed by atoms with Crippen molar-refractivity contribution in [3.63, 3.8) is 0 Å². The van der Waals surface area contributed by atoms with Gasteiger partial charge in [0, 0.05) is 75.9 Å². The number of anilines is 2. The van der Waals surface area contributed by atoms with Gasteiger partial charge in [-0.1, -0.05) is 50.2 Å². The van der Waals surface area contributed by atoms with Crippen LogP contribution in [0.4, 0.5) is 11.5 Å². The van der Waals surface area contributed by atoms with Gasteiger partial charge in [0.1, 0.15) is 24.3 Å². The van der Waals surface area contributed by atoms with Gasteiger partial charge in [-0.3, -0.25) is 19.4 Å². The van der Waals surface area contributed by atoms with Crippen molar-refractivity contribution in [2.24, 2.45) is 11.8 Å². The number of aromatic hydroxyl groups is 1. The number of aliphatic hydroxyl groups is 1. The van der Waals surface area contributed by atoms with Crippen LogP contribution < -0.4 is 20.3 Å². The summed E-state index contributed by atoms with van der Waals surface area (Å²) < 4.78 is 12.0. The number of carbonyl (C=O) groups is 2. The van der Waals surface area contributed by atoms with Crippen LogP contribution in [0, 0.1) is 18.8 Å². The molecule has 0 spiro atoms. The largest absolute Gasteiger partial charge is 0.507 e. The predicted molar refractivity (Wildman–Crippen MR) is 256 cm³/mol. The van der Waals surface area contributed by atoms with Gasteiger partial charge in [0.15, 0.2) is 11.6 Å². The monoisotopic (exact) mass is 930 g/mol. The fourth-order valence-electron chi connectivity index (χ4n) is 11.5. The van der Waals surface area contributed by atoms with Crippen LogP contribution in [0.1, 0.15) is 81.9 Å². The fraction of sp³-hybridized carbons (Fsp3) is 0.520. The summed E-state index contributed by atoms with van der Waals surface area (Å²) in [6.07, 6.45) is 4.11. The number of phenols is 1. The van der Waals surface area contributed by atoms with Crippen LogP contribution in [-0.4, -0.2) is 140 Å². The van der Waals surface area contributed by atoms with Crippen molar-refractivity contribution < 1.29 is 29.1 Å². The van der Waals surface area contributed by atoms with Gasteiger partial charge in [-0.2, -0.15) is 0 Å². The third-order valence-corrected chi connectivity index (χ3v) is 15.8. The zero-order chi connectivity index (χ0) is 46.3. The van der Waals surface area contributed by atoms with Crippen molar-refractivity contribution in [2.75, 3.05) is 62.6 Å². The number of nitrogens with one attached hydrogen (secondary N) is 2.